The molecule has 2 aliphatic carbocycles. The van der Waals surface area contributed by atoms with Crippen LogP contribution in [0.1, 0.15) is 29.9 Å². The molecule has 8 nitrogen and oxygen atoms in total. The van der Waals surface area contributed by atoms with E-state index >= 15 is 0 Å². The van der Waals surface area contributed by atoms with E-state index in [2.05, 4.69) is 17.2 Å². The van der Waals surface area contributed by atoms with Gasteiger partial charge >= 0.3 is 18.2 Å². The highest BCUT2D eigenvalue weighted by atomic mass is 16.6. The van der Waals surface area contributed by atoms with Gasteiger partial charge in [-0.25, -0.2) is 14.4 Å². The molecule has 0 aliphatic heterocycles. The number of carbonyl (C=O) groups is 3. The van der Waals surface area contributed by atoms with Crippen molar-refractivity contribution in [1.82, 2.24) is 10.6 Å². The maximum absolute atomic E-state index is 12.5. The topological polar surface area (TPSA) is 114 Å². The van der Waals surface area contributed by atoms with E-state index in [-0.39, 0.29) is 32.0 Å². The molecule has 1 fully saturated rings. The number of aliphatic carboxylic acids is 1. The fraction of sp³-hybridized carbons (Fsp3) is 0.292. The number of hydrogen-bond acceptors (Lipinski definition) is 5. The summed E-state index contributed by atoms with van der Waals surface area (Å²) in [5, 5.41) is 14.7. The molecule has 0 saturated heterocycles. The number of carboxylic acid groups (broad SMARTS) is 1. The average Bonchev–Trinajstić information content (AvgIpc) is 3.08. The Bertz CT molecular complexity index is 1010. The standard InChI is InChI=1S/C24H24N2O6/c1-2-11-31-22(29)25-15-12-24(13-15,21(27)28)26-23(30)32-14-20-18-9-5-3-7-16(18)17-8-4-6-10-19(17)20/h2-10,15,20H,1,11-14H2,(H,25,29)(H,26,30)(H,27,28). The minimum Gasteiger partial charge on any atom is -0.480 e. The maximum atomic E-state index is 12.5. The fourth-order valence-electron chi connectivity index (χ4n) is 4.39. The van der Waals surface area contributed by atoms with Crippen molar-refractivity contribution < 1.29 is 29.0 Å². The highest BCUT2D eigenvalue weighted by molar-refractivity contribution is 5.86. The van der Waals surface area contributed by atoms with Gasteiger partial charge in [0.2, 0.25) is 0 Å². The average molecular weight is 436 g/mol. The van der Waals surface area contributed by atoms with Crippen LogP contribution in [0.15, 0.2) is 61.2 Å². The predicted octanol–water partition coefficient (Wildman–Crippen LogP) is 3.42. The summed E-state index contributed by atoms with van der Waals surface area (Å²) in [6, 6.07) is 15.5. The monoisotopic (exact) mass is 436 g/mol. The number of carbonyl (C=O) groups excluding carboxylic acids is 2. The van der Waals surface area contributed by atoms with Gasteiger partial charge in [0.1, 0.15) is 18.8 Å². The third-order valence-corrected chi connectivity index (χ3v) is 5.94. The molecule has 8 heteroatoms. The van der Waals surface area contributed by atoms with Crippen LogP contribution in [0.5, 0.6) is 0 Å². The smallest absolute Gasteiger partial charge is 0.408 e. The number of nitrogens with one attached hydrogen (secondary N) is 2. The third-order valence-electron chi connectivity index (χ3n) is 5.94. The molecular weight excluding hydrogens is 412 g/mol. The van der Waals surface area contributed by atoms with E-state index in [1.54, 1.807) is 0 Å². The van der Waals surface area contributed by atoms with Gasteiger partial charge in [0.05, 0.1) is 0 Å². The molecule has 2 aromatic rings. The molecule has 4 rings (SSSR count). The van der Waals surface area contributed by atoms with Gasteiger partial charge in [0.25, 0.3) is 0 Å². The number of carboxylic acids is 1. The van der Waals surface area contributed by atoms with Crippen molar-refractivity contribution in [3.8, 4) is 11.1 Å². The zero-order valence-corrected chi connectivity index (χ0v) is 17.4. The highest BCUT2D eigenvalue weighted by Gasteiger charge is 2.53. The van der Waals surface area contributed by atoms with Gasteiger partial charge in [-0.15, -0.1) is 0 Å². The van der Waals surface area contributed by atoms with Gasteiger partial charge in [-0.3, -0.25) is 0 Å². The van der Waals surface area contributed by atoms with Crippen LogP contribution in [0.25, 0.3) is 11.1 Å². The Kier molecular flexibility index (Phi) is 5.85. The normalized spacial score (nSPS) is 20.8. The van der Waals surface area contributed by atoms with Crippen LogP contribution < -0.4 is 10.6 Å². The predicted molar refractivity (Wildman–Crippen MR) is 116 cm³/mol. The van der Waals surface area contributed by atoms with Crippen LogP contribution >= 0.6 is 0 Å². The van der Waals surface area contributed by atoms with E-state index in [9.17, 15) is 19.5 Å². The summed E-state index contributed by atoms with van der Waals surface area (Å²) in [7, 11) is 0. The van der Waals surface area contributed by atoms with Crippen molar-refractivity contribution in [2.75, 3.05) is 13.2 Å². The van der Waals surface area contributed by atoms with Crippen molar-refractivity contribution in [3.63, 3.8) is 0 Å². The SMILES string of the molecule is C=CCOC(=O)NC1CC(NC(=O)OCC2c3ccccc3-c3ccccc32)(C(=O)O)C1. The molecule has 0 bridgehead atoms. The largest absolute Gasteiger partial charge is 0.480 e. The number of benzene rings is 2. The Balaban J connectivity index is 1.36. The summed E-state index contributed by atoms with van der Waals surface area (Å²) in [5.74, 6) is -1.30. The van der Waals surface area contributed by atoms with E-state index < -0.39 is 29.7 Å². The second kappa shape index (κ2) is 8.74. The summed E-state index contributed by atoms with van der Waals surface area (Å²) < 4.78 is 10.3. The molecule has 0 atom stereocenters. The molecule has 3 N–H and O–H groups in total. The van der Waals surface area contributed by atoms with Crippen LogP contribution in [0, 0.1) is 0 Å². The number of alkyl carbamates (subject to hydrolysis) is 2. The lowest BCUT2D eigenvalue weighted by Crippen LogP contribution is -2.67. The minimum absolute atomic E-state index is 0.0374. The molecule has 0 aromatic heterocycles. The van der Waals surface area contributed by atoms with Gasteiger partial charge in [-0.05, 0) is 22.3 Å². The lowest BCUT2D eigenvalue weighted by molar-refractivity contribution is -0.149. The first-order valence-electron chi connectivity index (χ1n) is 10.3. The molecule has 0 unspecified atom stereocenters. The first-order chi connectivity index (χ1) is 15.4. The van der Waals surface area contributed by atoms with Gasteiger partial charge in [-0.1, -0.05) is 61.2 Å². The van der Waals surface area contributed by atoms with Crippen LogP contribution in [-0.2, 0) is 14.3 Å². The molecule has 166 valence electrons. The quantitative estimate of drug-likeness (QED) is 0.573. The zero-order valence-electron chi connectivity index (χ0n) is 17.4. The van der Waals surface area contributed by atoms with Crippen molar-refractivity contribution in [3.05, 3.63) is 72.3 Å². The highest BCUT2D eigenvalue weighted by Crippen LogP contribution is 2.44. The second-order valence-electron chi connectivity index (χ2n) is 7.97. The zero-order chi connectivity index (χ0) is 22.7. The Morgan fingerprint density at radius 3 is 2.16 bits per heavy atom. The summed E-state index contributed by atoms with van der Waals surface area (Å²) in [5.41, 5.74) is 2.87. The van der Waals surface area contributed by atoms with Gasteiger partial charge in [0.15, 0.2) is 0 Å². The Morgan fingerprint density at radius 2 is 1.59 bits per heavy atom. The maximum Gasteiger partial charge on any atom is 0.408 e. The van der Waals surface area contributed by atoms with Crippen LogP contribution in [-0.4, -0.2) is 48.1 Å². The Hall–Kier alpha value is -3.81. The summed E-state index contributed by atoms with van der Waals surface area (Å²) in [4.78, 5) is 35.9. The molecule has 2 aromatic carbocycles. The van der Waals surface area contributed by atoms with E-state index in [1.165, 1.54) is 6.08 Å². The Labute approximate surface area is 185 Å². The van der Waals surface area contributed by atoms with Crippen LogP contribution in [0.2, 0.25) is 0 Å². The van der Waals surface area contributed by atoms with Crippen molar-refractivity contribution in [2.45, 2.75) is 30.3 Å². The number of rotatable bonds is 7. The fourth-order valence-corrected chi connectivity index (χ4v) is 4.39. The van der Waals surface area contributed by atoms with Crippen molar-refractivity contribution in [1.29, 1.82) is 0 Å². The first kappa shape index (κ1) is 21.4. The first-order valence-corrected chi connectivity index (χ1v) is 10.3. The molecule has 2 aliphatic rings. The molecule has 0 spiro atoms. The Morgan fingerprint density at radius 1 is 1.00 bits per heavy atom. The van der Waals surface area contributed by atoms with Crippen molar-refractivity contribution in [2.24, 2.45) is 0 Å². The number of hydrogen-bond donors (Lipinski definition) is 3. The van der Waals surface area contributed by atoms with Gasteiger partial charge < -0.3 is 25.2 Å². The summed E-state index contributed by atoms with van der Waals surface area (Å²) >= 11 is 0. The molecule has 2 amide bonds. The summed E-state index contributed by atoms with van der Waals surface area (Å²) in [6.45, 7) is 3.60. The van der Waals surface area contributed by atoms with Crippen molar-refractivity contribution >= 4 is 18.2 Å². The number of amides is 2. The van der Waals surface area contributed by atoms with Gasteiger partial charge in [0, 0.05) is 24.8 Å². The van der Waals surface area contributed by atoms with E-state index in [4.69, 9.17) is 9.47 Å². The molecule has 32 heavy (non-hydrogen) atoms. The van der Waals surface area contributed by atoms with E-state index in [0.717, 1.165) is 22.3 Å². The summed E-state index contributed by atoms with van der Waals surface area (Å²) in [6.07, 6.45) is 0.0449. The molecule has 0 heterocycles. The molecule has 0 radical (unpaired) electrons. The minimum atomic E-state index is -1.49. The van der Waals surface area contributed by atoms with E-state index in [1.807, 2.05) is 48.5 Å². The number of fused-ring (bicyclic) bond motifs is 3. The lowest BCUT2D eigenvalue weighted by atomic mass is 9.72. The van der Waals surface area contributed by atoms with Crippen LogP contribution in [0.4, 0.5) is 9.59 Å². The molecule has 1 saturated carbocycles. The molecular formula is C24H24N2O6. The third kappa shape index (κ3) is 4.03. The van der Waals surface area contributed by atoms with E-state index in [0.29, 0.717) is 0 Å². The lowest BCUT2D eigenvalue weighted by Gasteiger charge is -2.44. The van der Waals surface area contributed by atoms with Gasteiger partial charge in [-0.2, -0.15) is 0 Å². The second-order valence-corrected chi connectivity index (χ2v) is 7.97. The van der Waals surface area contributed by atoms with Crippen LogP contribution in [0.3, 0.4) is 0 Å². The number of ether oxygens (including phenoxy) is 2.